The monoisotopic (exact) mass is 245 g/mol. The highest BCUT2D eigenvalue weighted by Gasteiger charge is 2.16. The van der Waals surface area contributed by atoms with Gasteiger partial charge in [-0.3, -0.25) is 10.8 Å². The molecule has 1 atom stereocenters. The predicted octanol–water partition coefficient (Wildman–Crippen LogP) is 2.39. The van der Waals surface area contributed by atoms with Crippen molar-refractivity contribution in [3.05, 3.63) is 64.7 Å². The van der Waals surface area contributed by atoms with Gasteiger partial charge in [-0.25, -0.2) is 9.82 Å². The summed E-state index contributed by atoms with van der Waals surface area (Å²) in [6.07, 6.45) is 1.74. The highest BCUT2D eigenvalue weighted by atomic mass is 19.1. The van der Waals surface area contributed by atoms with E-state index in [9.17, 15) is 4.39 Å². The summed E-state index contributed by atoms with van der Waals surface area (Å²) >= 11 is 0. The van der Waals surface area contributed by atoms with Gasteiger partial charge in [0.2, 0.25) is 0 Å². The van der Waals surface area contributed by atoms with Crippen LogP contribution in [0.3, 0.4) is 0 Å². The van der Waals surface area contributed by atoms with E-state index in [4.69, 9.17) is 5.84 Å². The summed E-state index contributed by atoms with van der Waals surface area (Å²) in [6.45, 7) is 3.86. The van der Waals surface area contributed by atoms with E-state index in [1.54, 1.807) is 12.3 Å². The van der Waals surface area contributed by atoms with Gasteiger partial charge in [0.1, 0.15) is 5.82 Å². The molecule has 18 heavy (non-hydrogen) atoms. The van der Waals surface area contributed by atoms with E-state index < -0.39 is 0 Å². The molecule has 0 saturated carbocycles. The van der Waals surface area contributed by atoms with E-state index >= 15 is 0 Å². The first kappa shape index (κ1) is 12.7. The lowest BCUT2D eigenvalue weighted by Gasteiger charge is -2.18. The van der Waals surface area contributed by atoms with E-state index in [-0.39, 0.29) is 11.9 Å². The molecule has 0 fully saturated rings. The molecule has 3 nitrogen and oxygen atoms in total. The topological polar surface area (TPSA) is 50.9 Å². The maximum absolute atomic E-state index is 13.1. The summed E-state index contributed by atoms with van der Waals surface area (Å²) in [6, 6.07) is 8.32. The average molecular weight is 245 g/mol. The quantitative estimate of drug-likeness (QED) is 0.645. The Bertz CT molecular complexity index is 554. The lowest BCUT2D eigenvalue weighted by molar-refractivity contribution is 0.604. The molecule has 0 aliphatic heterocycles. The number of aromatic nitrogens is 1. The second-order valence-electron chi connectivity index (χ2n) is 4.36. The van der Waals surface area contributed by atoms with Gasteiger partial charge in [-0.05, 0) is 54.8 Å². The van der Waals surface area contributed by atoms with Crippen molar-refractivity contribution in [2.45, 2.75) is 19.9 Å². The van der Waals surface area contributed by atoms with Gasteiger partial charge >= 0.3 is 0 Å². The molecule has 94 valence electrons. The Hall–Kier alpha value is -1.78. The molecule has 2 rings (SSSR count). The lowest BCUT2D eigenvalue weighted by atomic mass is 9.98. The fourth-order valence-electron chi connectivity index (χ4n) is 2.01. The summed E-state index contributed by atoms with van der Waals surface area (Å²) in [5.74, 6) is 5.36. The zero-order chi connectivity index (χ0) is 13.1. The fraction of sp³-hybridized carbons (Fsp3) is 0.214. The van der Waals surface area contributed by atoms with Crippen LogP contribution in [-0.4, -0.2) is 4.98 Å². The number of aryl methyl sites for hydroxylation is 2. The third-order valence-electron chi connectivity index (χ3n) is 2.94. The van der Waals surface area contributed by atoms with Crippen LogP contribution in [-0.2, 0) is 0 Å². The molecular weight excluding hydrogens is 229 g/mol. The molecule has 0 radical (unpaired) electrons. The largest absolute Gasteiger partial charge is 0.271 e. The maximum Gasteiger partial charge on any atom is 0.123 e. The minimum atomic E-state index is -0.246. The first-order chi connectivity index (χ1) is 8.61. The molecule has 0 amide bonds. The Morgan fingerprint density at radius 3 is 2.61 bits per heavy atom. The number of hydrogen-bond donors (Lipinski definition) is 2. The van der Waals surface area contributed by atoms with Crippen molar-refractivity contribution >= 4 is 0 Å². The highest BCUT2D eigenvalue weighted by Crippen LogP contribution is 2.23. The molecule has 0 bridgehead atoms. The van der Waals surface area contributed by atoms with E-state index in [0.29, 0.717) is 0 Å². The number of nitrogens with one attached hydrogen (secondary N) is 1. The Morgan fingerprint density at radius 2 is 2.00 bits per heavy atom. The van der Waals surface area contributed by atoms with Gasteiger partial charge in [-0.15, -0.1) is 0 Å². The predicted molar refractivity (Wildman–Crippen MR) is 69.3 cm³/mol. The van der Waals surface area contributed by atoms with E-state index in [1.165, 1.54) is 12.1 Å². The molecule has 0 aliphatic carbocycles. The number of rotatable bonds is 3. The molecule has 1 heterocycles. The lowest BCUT2D eigenvalue weighted by Crippen LogP contribution is -2.30. The van der Waals surface area contributed by atoms with Crippen LogP contribution in [0.4, 0.5) is 4.39 Å². The average Bonchev–Trinajstić information content (AvgIpc) is 2.33. The highest BCUT2D eigenvalue weighted by molar-refractivity contribution is 5.35. The maximum atomic E-state index is 13.1. The summed E-state index contributed by atoms with van der Waals surface area (Å²) in [7, 11) is 0. The van der Waals surface area contributed by atoms with Gasteiger partial charge in [-0.1, -0.05) is 6.07 Å². The number of benzene rings is 1. The van der Waals surface area contributed by atoms with Crippen molar-refractivity contribution in [2.24, 2.45) is 5.84 Å². The molecule has 3 N–H and O–H groups in total. The van der Waals surface area contributed by atoms with Crippen molar-refractivity contribution < 1.29 is 4.39 Å². The number of halogens is 1. The van der Waals surface area contributed by atoms with Gasteiger partial charge in [0.25, 0.3) is 0 Å². The molecule has 1 unspecified atom stereocenters. The normalized spacial score (nSPS) is 12.4. The van der Waals surface area contributed by atoms with Crippen molar-refractivity contribution in [3.8, 4) is 0 Å². The molecular formula is C14H16FN3. The van der Waals surface area contributed by atoms with Crippen LogP contribution in [0.15, 0.2) is 36.5 Å². The van der Waals surface area contributed by atoms with Crippen molar-refractivity contribution in [1.29, 1.82) is 0 Å². The minimum Gasteiger partial charge on any atom is -0.271 e. The zero-order valence-electron chi connectivity index (χ0n) is 10.4. The van der Waals surface area contributed by atoms with Gasteiger partial charge < -0.3 is 0 Å². The van der Waals surface area contributed by atoms with Crippen molar-refractivity contribution in [1.82, 2.24) is 10.4 Å². The number of pyridine rings is 1. The number of hydrazine groups is 1. The number of nitrogens with two attached hydrogens (primary N) is 1. The molecule has 1 aromatic heterocycles. The summed E-state index contributed by atoms with van der Waals surface area (Å²) in [4.78, 5) is 4.31. The molecule has 1 aromatic carbocycles. The van der Waals surface area contributed by atoms with Gasteiger partial charge in [0.15, 0.2) is 0 Å². The molecule has 0 spiro atoms. The van der Waals surface area contributed by atoms with Crippen LogP contribution in [0.1, 0.15) is 28.4 Å². The smallest absolute Gasteiger partial charge is 0.123 e. The molecule has 0 saturated heterocycles. The van der Waals surface area contributed by atoms with Crippen molar-refractivity contribution in [3.63, 3.8) is 0 Å². The second kappa shape index (κ2) is 5.25. The van der Waals surface area contributed by atoms with Crippen molar-refractivity contribution in [2.75, 3.05) is 0 Å². The first-order valence-electron chi connectivity index (χ1n) is 5.76. The molecule has 4 heteroatoms. The third kappa shape index (κ3) is 2.55. The van der Waals surface area contributed by atoms with E-state index in [0.717, 1.165) is 22.4 Å². The Kier molecular flexibility index (Phi) is 3.69. The van der Waals surface area contributed by atoms with Crippen LogP contribution in [0, 0.1) is 19.7 Å². The Labute approximate surface area is 106 Å². The second-order valence-corrected chi connectivity index (χ2v) is 4.36. The summed E-state index contributed by atoms with van der Waals surface area (Å²) in [5, 5.41) is 0. The van der Waals surface area contributed by atoms with Gasteiger partial charge in [0, 0.05) is 6.20 Å². The number of nitrogens with zero attached hydrogens (tertiary/aromatic N) is 1. The van der Waals surface area contributed by atoms with Crippen LogP contribution in [0.2, 0.25) is 0 Å². The Morgan fingerprint density at radius 1 is 1.22 bits per heavy atom. The molecule has 2 aromatic rings. The SMILES string of the molecule is Cc1ccnc(C(NN)c2ccc(F)cc2C)c1. The fourth-order valence-corrected chi connectivity index (χ4v) is 2.01. The van der Waals surface area contributed by atoms with Crippen LogP contribution >= 0.6 is 0 Å². The standard InChI is InChI=1S/C14H16FN3/c1-9-5-6-17-13(7-9)14(18-16)12-4-3-11(15)8-10(12)2/h3-8,14,18H,16H2,1-2H3. The number of hydrogen-bond acceptors (Lipinski definition) is 3. The van der Waals surface area contributed by atoms with E-state index in [2.05, 4.69) is 10.4 Å². The third-order valence-corrected chi connectivity index (χ3v) is 2.94. The van der Waals surface area contributed by atoms with Gasteiger partial charge in [0.05, 0.1) is 11.7 Å². The van der Waals surface area contributed by atoms with Crippen LogP contribution in [0.5, 0.6) is 0 Å². The molecule has 0 aliphatic rings. The summed E-state index contributed by atoms with van der Waals surface area (Å²) < 4.78 is 13.1. The summed E-state index contributed by atoms with van der Waals surface area (Å²) in [5.41, 5.74) is 6.45. The van der Waals surface area contributed by atoms with Crippen LogP contribution in [0.25, 0.3) is 0 Å². The zero-order valence-corrected chi connectivity index (χ0v) is 10.4. The minimum absolute atomic E-state index is 0.231. The van der Waals surface area contributed by atoms with E-state index in [1.807, 2.05) is 26.0 Å². The Balaban J connectivity index is 2.45. The first-order valence-corrected chi connectivity index (χ1v) is 5.76. The van der Waals surface area contributed by atoms with Crippen LogP contribution < -0.4 is 11.3 Å². The van der Waals surface area contributed by atoms with Gasteiger partial charge in [-0.2, -0.15) is 0 Å².